The van der Waals surface area contributed by atoms with E-state index in [2.05, 4.69) is 37.7 Å². The van der Waals surface area contributed by atoms with Crippen LogP contribution in [0.1, 0.15) is 72.1 Å². The number of unbranched alkanes of at least 4 members (excludes halogenated alkanes) is 5. The van der Waals surface area contributed by atoms with Crippen molar-refractivity contribution < 1.29 is 14.3 Å². The van der Waals surface area contributed by atoms with Gasteiger partial charge in [0.15, 0.2) is 0 Å². The molecule has 0 aliphatic heterocycles. The maximum absolute atomic E-state index is 10.9. The molecule has 0 aliphatic carbocycles. The van der Waals surface area contributed by atoms with E-state index in [9.17, 15) is 4.79 Å². The number of ether oxygens (including phenoxy) is 2. The Bertz CT molecular complexity index is 289. The van der Waals surface area contributed by atoms with Crippen LogP contribution >= 0.6 is 0 Å². The molecule has 0 fully saturated rings. The first-order valence-corrected chi connectivity index (χ1v) is 8.16. The molecule has 3 heteroatoms. The van der Waals surface area contributed by atoms with Crippen molar-refractivity contribution in [1.82, 2.24) is 0 Å². The highest BCUT2D eigenvalue weighted by molar-refractivity contribution is 5.68. The predicted octanol–water partition coefficient (Wildman–Crippen LogP) is 4.90. The SMILES string of the molecule is COC(=O)CCCCCCC/C=C/C[C@@H](OC)C(C)(C)C. The normalized spacial score (nSPS) is 13.6. The Labute approximate surface area is 131 Å². The minimum atomic E-state index is -0.0931. The number of hydrogen-bond donors (Lipinski definition) is 0. The van der Waals surface area contributed by atoms with Gasteiger partial charge in [0.1, 0.15) is 0 Å². The van der Waals surface area contributed by atoms with Crippen LogP contribution in [0.5, 0.6) is 0 Å². The van der Waals surface area contributed by atoms with Crippen LogP contribution in [-0.4, -0.2) is 26.3 Å². The number of rotatable bonds is 11. The summed E-state index contributed by atoms with van der Waals surface area (Å²) in [6.07, 6.45) is 13.2. The Morgan fingerprint density at radius 1 is 1.00 bits per heavy atom. The largest absolute Gasteiger partial charge is 0.469 e. The van der Waals surface area contributed by atoms with E-state index in [1.165, 1.54) is 26.4 Å². The van der Waals surface area contributed by atoms with Gasteiger partial charge < -0.3 is 9.47 Å². The van der Waals surface area contributed by atoms with Gasteiger partial charge in [0.25, 0.3) is 0 Å². The van der Waals surface area contributed by atoms with Gasteiger partial charge in [-0.2, -0.15) is 0 Å². The molecule has 0 unspecified atom stereocenters. The number of esters is 1. The van der Waals surface area contributed by atoms with Crippen LogP contribution in [0.3, 0.4) is 0 Å². The highest BCUT2D eigenvalue weighted by atomic mass is 16.5. The fraction of sp³-hybridized carbons (Fsp3) is 0.833. The van der Waals surface area contributed by atoms with Crippen LogP contribution in [0.2, 0.25) is 0 Å². The lowest BCUT2D eigenvalue weighted by molar-refractivity contribution is -0.140. The average Bonchev–Trinajstić information content (AvgIpc) is 2.43. The number of methoxy groups -OCH3 is 2. The van der Waals surface area contributed by atoms with Gasteiger partial charge in [-0.25, -0.2) is 0 Å². The highest BCUT2D eigenvalue weighted by Crippen LogP contribution is 2.24. The first-order valence-electron chi connectivity index (χ1n) is 8.16. The van der Waals surface area contributed by atoms with Crippen molar-refractivity contribution in [2.75, 3.05) is 14.2 Å². The van der Waals surface area contributed by atoms with Gasteiger partial charge in [-0.3, -0.25) is 4.79 Å². The van der Waals surface area contributed by atoms with Crippen molar-refractivity contribution in [2.45, 2.75) is 78.2 Å². The summed E-state index contributed by atoms with van der Waals surface area (Å²) in [5.74, 6) is -0.0931. The minimum Gasteiger partial charge on any atom is -0.469 e. The molecule has 0 heterocycles. The van der Waals surface area contributed by atoms with Gasteiger partial charge in [-0.15, -0.1) is 0 Å². The van der Waals surface area contributed by atoms with E-state index in [0.29, 0.717) is 6.42 Å². The Hall–Kier alpha value is -0.830. The monoisotopic (exact) mass is 298 g/mol. The molecule has 0 N–H and O–H groups in total. The molecule has 0 aromatic heterocycles. The van der Waals surface area contributed by atoms with Crippen LogP contribution in [-0.2, 0) is 14.3 Å². The second-order valence-electron chi connectivity index (χ2n) is 6.68. The molecule has 3 nitrogen and oxygen atoms in total. The molecular formula is C18H34O3. The van der Waals surface area contributed by atoms with Gasteiger partial charge in [0.05, 0.1) is 13.2 Å². The van der Waals surface area contributed by atoms with Crippen molar-refractivity contribution in [3.05, 3.63) is 12.2 Å². The maximum Gasteiger partial charge on any atom is 0.305 e. The maximum atomic E-state index is 10.9. The molecule has 0 saturated carbocycles. The zero-order valence-electron chi connectivity index (χ0n) is 14.6. The Morgan fingerprint density at radius 3 is 2.19 bits per heavy atom. The second kappa shape index (κ2) is 11.8. The molecular weight excluding hydrogens is 264 g/mol. The zero-order valence-corrected chi connectivity index (χ0v) is 14.6. The molecule has 0 saturated heterocycles. The smallest absolute Gasteiger partial charge is 0.305 e. The zero-order chi connectivity index (χ0) is 16.1. The van der Waals surface area contributed by atoms with Gasteiger partial charge in [-0.05, 0) is 31.1 Å². The number of allylic oxidation sites excluding steroid dienone is 1. The van der Waals surface area contributed by atoms with Gasteiger partial charge in [-0.1, -0.05) is 52.2 Å². The van der Waals surface area contributed by atoms with Gasteiger partial charge >= 0.3 is 5.97 Å². The Kier molecular flexibility index (Phi) is 11.3. The topological polar surface area (TPSA) is 35.5 Å². The van der Waals surface area contributed by atoms with Crippen LogP contribution in [0.25, 0.3) is 0 Å². The standard InChI is InChI=1S/C18H34O3/c1-18(2,3)16(20-4)14-12-10-8-6-7-9-11-13-15-17(19)21-5/h10,12,16H,6-9,11,13-15H2,1-5H3/b12-10+/t16-/m1/s1. The third kappa shape index (κ3) is 11.5. The summed E-state index contributed by atoms with van der Waals surface area (Å²) < 4.78 is 10.1. The molecule has 0 amide bonds. The van der Waals surface area contributed by atoms with Crippen LogP contribution in [0, 0.1) is 5.41 Å². The van der Waals surface area contributed by atoms with Crippen molar-refractivity contribution in [3.8, 4) is 0 Å². The van der Waals surface area contributed by atoms with E-state index < -0.39 is 0 Å². The predicted molar refractivity (Wildman–Crippen MR) is 88.3 cm³/mol. The summed E-state index contributed by atoms with van der Waals surface area (Å²) in [5.41, 5.74) is 0.193. The Balaban J connectivity index is 3.50. The number of carbonyl (C=O) groups excluding carboxylic acids is 1. The minimum absolute atomic E-state index is 0.0931. The molecule has 0 radical (unpaired) electrons. The molecule has 0 aromatic carbocycles. The fourth-order valence-corrected chi connectivity index (χ4v) is 2.30. The van der Waals surface area contributed by atoms with Crippen molar-refractivity contribution in [3.63, 3.8) is 0 Å². The molecule has 0 spiro atoms. The summed E-state index contributed by atoms with van der Waals surface area (Å²) in [7, 11) is 3.24. The summed E-state index contributed by atoms with van der Waals surface area (Å²) in [6.45, 7) is 6.63. The van der Waals surface area contributed by atoms with E-state index in [4.69, 9.17) is 4.74 Å². The molecule has 0 bridgehead atoms. The molecule has 0 rings (SSSR count). The van der Waals surface area contributed by atoms with Crippen molar-refractivity contribution in [2.24, 2.45) is 5.41 Å². The van der Waals surface area contributed by atoms with Crippen LogP contribution in [0.15, 0.2) is 12.2 Å². The quantitative estimate of drug-likeness (QED) is 0.309. The third-order valence-electron chi connectivity index (χ3n) is 3.75. The summed E-state index contributed by atoms with van der Waals surface area (Å²) >= 11 is 0. The van der Waals surface area contributed by atoms with E-state index in [1.54, 1.807) is 7.11 Å². The van der Waals surface area contributed by atoms with Crippen molar-refractivity contribution in [1.29, 1.82) is 0 Å². The van der Waals surface area contributed by atoms with E-state index >= 15 is 0 Å². The first kappa shape index (κ1) is 20.2. The van der Waals surface area contributed by atoms with Crippen LogP contribution in [0.4, 0.5) is 0 Å². The first-order chi connectivity index (χ1) is 9.91. The molecule has 1 atom stereocenters. The number of hydrogen-bond acceptors (Lipinski definition) is 3. The molecule has 0 aliphatic rings. The van der Waals surface area contributed by atoms with E-state index in [-0.39, 0.29) is 17.5 Å². The lowest BCUT2D eigenvalue weighted by Gasteiger charge is -2.28. The lowest BCUT2D eigenvalue weighted by atomic mass is 9.87. The molecule has 21 heavy (non-hydrogen) atoms. The lowest BCUT2D eigenvalue weighted by Crippen LogP contribution is -2.27. The van der Waals surface area contributed by atoms with Crippen molar-refractivity contribution >= 4 is 5.97 Å². The molecule has 124 valence electrons. The van der Waals surface area contributed by atoms with Gasteiger partial charge in [0, 0.05) is 13.5 Å². The molecule has 0 aromatic rings. The third-order valence-corrected chi connectivity index (χ3v) is 3.75. The highest BCUT2D eigenvalue weighted by Gasteiger charge is 2.22. The summed E-state index contributed by atoms with van der Waals surface area (Å²) in [4.78, 5) is 10.9. The fourth-order valence-electron chi connectivity index (χ4n) is 2.30. The summed E-state index contributed by atoms with van der Waals surface area (Å²) in [6, 6.07) is 0. The van der Waals surface area contributed by atoms with E-state index in [0.717, 1.165) is 25.7 Å². The number of carbonyl (C=O) groups is 1. The summed E-state index contributed by atoms with van der Waals surface area (Å²) in [5, 5.41) is 0. The van der Waals surface area contributed by atoms with Gasteiger partial charge in [0.2, 0.25) is 0 Å². The van der Waals surface area contributed by atoms with Crippen LogP contribution < -0.4 is 0 Å². The second-order valence-corrected chi connectivity index (χ2v) is 6.68. The Morgan fingerprint density at radius 2 is 1.62 bits per heavy atom. The average molecular weight is 298 g/mol. The van der Waals surface area contributed by atoms with E-state index in [1.807, 2.05) is 0 Å².